The summed E-state index contributed by atoms with van der Waals surface area (Å²) in [5.74, 6) is -5.83. The van der Waals surface area contributed by atoms with E-state index in [1.165, 1.54) is 0 Å². The summed E-state index contributed by atoms with van der Waals surface area (Å²) in [6.45, 7) is 8.03. The number of hydrogen-bond donors (Lipinski definition) is 13. The number of amides is 9. The van der Waals surface area contributed by atoms with E-state index in [0.29, 0.717) is 25.7 Å². The van der Waals surface area contributed by atoms with Gasteiger partial charge in [-0.3, -0.25) is 43.2 Å². The fraction of sp³-hybridized carbons (Fsp3) is 0.484. The Morgan fingerprint density at radius 3 is 0.988 bits per heavy atom. The van der Waals surface area contributed by atoms with E-state index in [2.05, 4.69) is 42.5 Å². The van der Waals surface area contributed by atoms with E-state index in [0.717, 1.165) is 22.3 Å². The van der Waals surface area contributed by atoms with E-state index >= 15 is 0 Å². The molecule has 0 aromatic heterocycles. The first-order valence-electron chi connectivity index (χ1n) is 29.9. The summed E-state index contributed by atoms with van der Waals surface area (Å²) in [6.07, 6.45) is 2.72. The molecule has 9 atom stereocenters. The van der Waals surface area contributed by atoms with Gasteiger partial charge >= 0.3 is 0 Å². The summed E-state index contributed by atoms with van der Waals surface area (Å²) in [4.78, 5) is 124. The van der Waals surface area contributed by atoms with Crippen LogP contribution in [0.15, 0.2) is 121 Å². The molecule has 0 saturated heterocycles. The molecule has 1 unspecified atom stereocenters. The number of hydrogen-bond acceptors (Lipinski definition) is 13. The van der Waals surface area contributed by atoms with Gasteiger partial charge in [-0.2, -0.15) is 0 Å². The monoisotopic (exact) mass is 1190 g/mol. The summed E-state index contributed by atoms with van der Waals surface area (Å²) in [6, 6.07) is 26.9. The van der Waals surface area contributed by atoms with Gasteiger partial charge in [-0.1, -0.05) is 149 Å². The maximum absolute atomic E-state index is 14.2. The third-order valence-corrected chi connectivity index (χ3v) is 14.3. The van der Waals surface area contributed by atoms with Crippen LogP contribution in [0, 0.1) is 11.8 Å². The molecule has 4 aromatic carbocycles. The fourth-order valence-electron chi connectivity index (χ4n) is 9.64. The van der Waals surface area contributed by atoms with Crippen molar-refractivity contribution in [1.82, 2.24) is 42.5 Å². The highest BCUT2D eigenvalue weighted by Crippen LogP contribution is 2.14. The van der Waals surface area contributed by atoms with Crippen LogP contribution in [0.5, 0.6) is 0 Å². The molecule has 0 heterocycles. The minimum Gasteiger partial charge on any atom is -0.368 e. The maximum atomic E-state index is 14.2. The third-order valence-electron chi connectivity index (χ3n) is 14.3. The average molecular weight is 1190 g/mol. The summed E-state index contributed by atoms with van der Waals surface area (Å²) in [7, 11) is 0. The molecule has 468 valence electrons. The van der Waals surface area contributed by atoms with Crippen molar-refractivity contribution in [3.8, 4) is 0 Å². The molecule has 18 N–H and O–H groups in total. The predicted octanol–water partition coefficient (Wildman–Crippen LogP) is 1.35. The summed E-state index contributed by atoms with van der Waals surface area (Å²) in [5.41, 5.74) is 33.3. The van der Waals surface area contributed by atoms with E-state index in [1.807, 2.05) is 137 Å². The van der Waals surface area contributed by atoms with Crippen LogP contribution in [-0.4, -0.2) is 127 Å². The molecule has 0 radical (unpaired) electrons. The van der Waals surface area contributed by atoms with Gasteiger partial charge in [0.25, 0.3) is 0 Å². The van der Waals surface area contributed by atoms with Crippen LogP contribution in [0.2, 0.25) is 0 Å². The number of nitrogens with two attached hydrogens (primary N) is 5. The predicted molar refractivity (Wildman–Crippen MR) is 332 cm³/mol. The van der Waals surface area contributed by atoms with E-state index in [1.54, 1.807) is 12.1 Å². The molecular formula is C64H93N13O9. The molecule has 22 nitrogen and oxygen atoms in total. The van der Waals surface area contributed by atoms with Crippen molar-refractivity contribution in [2.75, 3.05) is 19.6 Å². The number of carbonyl (C=O) groups is 9. The summed E-state index contributed by atoms with van der Waals surface area (Å²) >= 11 is 0. The average Bonchev–Trinajstić information content (AvgIpc) is 3.63. The standard InChI is InChI=1S/C64H93N13O9/c1-41(2)35-52(76-63(85)54(39-45-25-13-7-14-26-45)74-57(79)47(67)37-43-21-9-5-10-22-43)61(83)72-50(30-19-32-65)59(81)70-34-18-17-29-49(56(69)78)71-60(82)51(31-20-33-66)73-62(84)53(36-42(3)4)77-64(86)55(40-46-27-15-8-16-28-46)75-58(80)48(68)38-44-23-11-6-12-24-44/h5-16,21-28,41-42,47-55H,17-20,29-40,65-68H2,1-4H3,(H2,69,78)(H,70,81)(H,71,82)(H,72,83)(H,73,84)(H,74,79)(H,75,80)(H,76,85)(H,77,86)/t47-,48-,49+,50?,51-,52-,53-,54-,55-/m1/s1. The molecule has 4 aromatic rings. The second-order valence-corrected chi connectivity index (χ2v) is 22.7. The molecule has 0 aliphatic rings. The lowest BCUT2D eigenvalue weighted by Crippen LogP contribution is -2.59. The van der Waals surface area contributed by atoms with Crippen LogP contribution in [0.4, 0.5) is 0 Å². The summed E-state index contributed by atoms with van der Waals surface area (Å²) < 4.78 is 0. The van der Waals surface area contributed by atoms with Gasteiger partial charge in [-0.05, 0) is 118 Å². The second-order valence-electron chi connectivity index (χ2n) is 22.7. The molecule has 0 saturated carbocycles. The summed E-state index contributed by atoms with van der Waals surface area (Å²) in [5, 5.41) is 22.3. The maximum Gasteiger partial charge on any atom is 0.243 e. The van der Waals surface area contributed by atoms with Gasteiger partial charge in [0.15, 0.2) is 0 Å². The molecule has 22 heteroatoms. The first kappa shape index (κ1) is 70.4. The minimum absolute atomic E-state index is 0.0681. The van der Waals surface area contributed by atoms with Gasteiger partial charge in [-0.15, -0.1) is 0 Å². The Morgan fingerprint density at radius 2 is 0.640 bits per heavy atom. The largest absolute Gasteiger partial charge is 0.368 e. The SMILES string of the molecule is CC(C)C[C@@H](NC(=O)[C@@H](Cc1ccccc1)NC(=O)[C@H](N)Cc1ccccc1)C(=O)NC(CCCN)C(=O)NCCCC[C@H](NC(=O)[C@@H](CCCN)NC(=O)[C@@H](CC(C)C)NC(=O)[C@@H](Cc1ccccc1)NC(=O)[C@H](N)Cc1ccccc1)C(N)=O. The molecule has 4 rings (SSSR count). The lowest BCUT2D eigenvalue weighted by molar-refractivity contribution is -0.134. The minimum atomic E-state index is -1.19. The number of benzene rings is 4. The number of unbranched alkanes of at least 4 members (excludes halogenated alkanes) is 1. The Bertz CT molecular complexity index is 2740. The van der Waals surface area contributed by atoms with Crippen molar-refractivity contribution >= 4 is 53.2 Å². The molecule has 0 spiro atoms. The van der Waals surface area contributed by atoms with Crippen molar-refractivity contribution < 1.29 is 43.2 Å². The number of carbonyl (C=O) groups excluding carboxylic acids is 9. The van der Waals surface area contributed by atoms with Gasteiger partial charge in [0.2, 0.25) is 53.2 Å². The van der Waals surface area contributed by atoms with Gasteiger partial charge < -0.3 is 71.2 Å². The molecule has 0 aliphatic carbocycles. The first-order chi connectivity index (χ1) is 41.2. The van der Waals surface area contributed by atoms with Crippen LogP contribution in [0.25, 0.3) is 0 Å². The zero-order valence-electron chi connectivity index (χ0n) is 50.3. The fourth-order valence-corrected chi connectivity index (χ4v) is 9.64. The topological polar surface area (TPSA) is 380 Å². The Balaban J connectivity index is 1.37. The second kappa shape index (κ2) is 38.1. The molecule has 0 aliphatic heterocycles. The third kappa shape index (κ3) is 26.1. The molecule has 86 heavy (non-hydrogen) atoms. The smallest absolute Gasteiger partial charge is 0.243 e. The van der Waals surface area contributed by atoms with Crippen molar-refractivity contribution in [3.05, 3.63) is 144 Å². The van der Waals surface area contributed by atoms with Crippen LogP contribution in [0.3, 0.4) is 0 Å². The molecule has 9 amide bonds. The quantitative estimate of drug-likeness (QED) is 0.0281. The lowest BCUT2D eigenvalue weighted by Gasteiger charge is -2.27. The van der Waals surface area contributed by atoms with E-state index in [-0.39, 0.29) is 89.3 Å². The van der Waals surface area contributed by atoms with Crippen LogP contribution in [-0.2, 0) is 68.8 Å². The number of primary amides is 1. The van der Waals surface area contributed by atoms with Crippen LogP contribution >= 0.6 is 0 Å². The van der Waals surface area contributed by atoms with E-state index in [9.17, 15) is 43.2 Å². The van der Waals surface area contributed by atoms with Gasteiger partial charge in [-0.25, -0.2) is 0 Å². The Hall–Kier alpha value is -8.05. The highest BCUT2D eigenvalue weighted by Gasteiger charge is 2.34. The zero-order valence-corrected chi connectivity index (χ0v) is 50.3. The number of rotatable bonds is 39. The van der Waals surface area contributed by atoms with Crippen molar-refractivity contribution in [3.63, 3.8) is 0 Å². The normalized spacial score (nSPS) is 14.3. The first-order valence-corrected chi connectivity index (χ1v) is 29.9. The Morgan fingerprint density at radius 1 is 0.349 bits per heavy atom. The highest BCUT2D eigenvalue weighted by atomic mass is 16.2. The van der Waals surface area contributed by atoms with E-state index < -0.39 is 108 Å². The van der Waals surface area contributed by atoms with Crippen molar-refractivity contribution in [2.24, 2.45) is 40.5 Å². The Kier molecular flexibility index (Phi) is 31.2. The van der Waals surface area contributed by atoms with E-state index in [4.69, 9.17) is 28.7 Å². The van der Waals surface area contributed by atoms with Gasteiger partial charge in [0, 0.05) is 19.4 Å². The van der Waals surface area contributed by atoms with Crippen LogP contribution in [0.1, 0.15) is 108 Å². The van der Waals surface area contributed by atoms with Crippen molar-refractivity contribution in [2.45, 2.75) is 166 Å². The van der Waals surface area contributed by atoms with Gasteiger partial charge in [0.1, 0.15) is 42.3 Å². The van der Waals surface area contributed by atoms with Crippen LogP contribution < -0.4 is 71.2 Å². The zero-order chi connectivity index (χ0) is 63.0. The van der Waals surface area contributed by atoms with Gasteiger partial charge in [0.05, 0.1) is 12.1 Å². The molecule has 0 fully saturated rings. The highest BCUT2D eigenvalue weighted by molar-refractivity contribution is 5.97. The molecule has 0 bridgehead atoms. The van der Waals surface area contributed by atoms with Crippen molar-refractivity contribution in [1.29, 1.82) is 0 Å². The molecular weight excluding hydrogens is 1090 g/mol. The lowest BCUT2D eigenvalue weighted by atomic mass is 9.99. The number of nitrogens with one attached hydrogen (secondary N) is 8. The Labute approximate surface area is 506 Å².